The van der Waals surface area contributed by atoms with Crippen LogP contribution in [0.15, 0.2) is 54.6 Å². The van der Waals surface area contributed by atoms with Gasteiger partial charge in [0.15, 0.2) is 11.6 Å². The number of rotatable bonds is 5. The van der Waals surface area contributed by atoms with Gasteiger partial charge in [0.05, 0.1) is 11.0 Å². The molecule has 0 spiro atoms. The summed E-state index contributed by atoms with van der Waals surface area (Å²) in [5.74, 6) is -3.27. The molecular formula is C18H13ClN2O4. The van der Waals surface area contributed by atoms with Crippen molar-refractivity contribution in [2.24, 2.45) is 0 Å². The Bertz CT molecular complexity index is 1010. The van der Waals surface area contributed by atoms with Crippen LogP contribution in [0, 0.1) is 0 Å². The second-order valence-corrected chi connectivity index (χ2v) is 5.78. The summed E-state index contributed by atoms with van der Waals surface area (Å²) in [6, 6.07) is 14.4. The van der Waals surface area contributed by atoms with Crippen molar-refractivity contribution in [3.63, 3.8) is 0 Å². The highest BCUT2D eigenvalue weighted by atomic mass is 35.5. The van der Waals surface area contributed by atoms with Crippen molar-refractivity contribution in [3.8, 4) is 0 Å². The van der Waals surface area contributed by atoms with E-state index in [1.54, 1.807) is 34.9 Å². The van der Waals surface area contributed by atoms with Crippen LogP contribution in [-0.2, 0) is 16.1 Å². The van der Waals surface area contributed by atoms with Crippen molar-refractivity contribution in [3.05, 3.63) is 71.0 Å². The molecule has 0 saturated carbocycles. The molecule has 2 aromatic carbocycles. The fourth-order valence-corrected chi connectivity index (χ4v) is 2.71. The van der Waals surface area contributed by atoms with E-state index in [9.17, 15) is 14.7 Å². The van der Waals surface area contributed by atoms with Crippen molar-refractivity contribution >= 4 is 40.1 Å². The van der Waals surface area contributed by atoms with Gasteiger partial charge in [-0.25, -0.2) is 9.78 Å². The molecule has 0 aliphatic rings. The van der Waals surface area contributed by atoms with Gasteiger partial charge in [-0.2, -0.15) is 0 Å². The normalized spacial score (nSPS) is 11.6. The highest BCUT2D eigenvalue weighted by molar-refractivity contribution is 6.38. The van der Waals surface area contributed by atoms with Gasteiger partial charge in [0.1, 0.15) is 0 Å². The van der Waals surface area contributed by atoms with Crippen LogP contribution < -0.4 is 0 Å². The van der Waals surface area contributed by atoms with Crippen molar-refractivity contribution in [2.45, 2.75) is 6.54 Å². The Morgan fingerprint density at radius 3 is 2.60 bits per heavy atom. The Morgan fingerprint density at radius 1 is 1.12 bits per heavy atom. The molecule has 2 N–H and O–H groups in total. The summed E-state index contributed by atoms with van der Waals surface area (Å²) in [6.45, 7) is 0.343. The first kappa shape index (κ1) is 16.7. The first-order valence-corrected chi connectivity index (χ1v) is 7.71. The molecule has 25 heavy (non-hydrogen) atoms. The average Bonchev–Trinajstić information content (AvgIpc) is 2.93. The summed E-state index contributed by atoms with van der Waals surface area (Å²) in [5, 5.41) is 19.5. The number of hydrogen-bond donors (Lipinski definition) is 2. The zero-order valence-corrected chi connectivity index (χ0v) is 13.6. The van der Waals surface area contributed by atoms with Crippen LogP contribution in [0.1, 0.15) is 11.4 Å². The predicted molar refractivity (Wildman–Crippen MR) is 93.5 cm³/mol. The van der Waals surface area contributed by atoms with E-state index in [1.807, 2.05) is 18.2 Å². The number of benzene rings is 2. The van der Waals surface area contributed by atoms with E-state index in [-0.39, 0.29) is 5.82 Å². The Kier molecular flexibility index (Phi) is 4.54. The number of carboxylic acids is 1. The van der Waals surface area contributed by atoms with Gasteiger partial charge in [-0.1, -0.05) is 35.9 Å². The van der Waals surface area contributed by atoms with Gasteiger partial charge in [0.2, 0.25) is 0 Å². The third-order valence-corrected chi connectivity index (χ3v) is 3.83. The fourth-order valence-electron chi connectivity index (χ4n) is 2.50. The monoisotopic (exact) mass is 356 g/mol. The van der Waals surface area contributed by atoms with E-state index < -0.39 is 17.5 Å². The Morgan fingerprint density at radius 2 is 1.88 bits per heavy atom. The molecule has 0 fully saturated rings. The van der Waals surface area contributed by atoms with Gasteiger partial charge in [-0.05, 0) is 29.8 Å². The number of carbonyl (C=O) groups excluding carboxylic acids is 1. The van der Waals surface area contributed by atoms with Gasteiger partial charge in [-0.3, -0.25) is 4.79 Å². The molecule has 7 heteroatoms. The number of hydrogen-bond acceptors (Lipinski definition) is 4. The lowest BCUT2D eigenvalue weighted by Crippen LogP contribution is -2.11. The second kappa shape index (κ2) is 6.78. The molecule has 0 bridgehead atoms. The van der Waals surface area contributed by atoms with Crippen molar-refractivity contribution in [2.75, 3.05) is 0 Å². The van der Waals surface area contributed by atoms with Crippen LogP contribution in [0.4, 0.5) is 0 Å². The summed E-state index contributed by atoms with van der Waals surface area (Å²) in [4.78, 5) is 26.4. The summed E-state index contributed by atoms with van der Waals surface area (Å²) >= 11 is 6.01. The Balaban J connectivity index is 2.12. The van der Waals surface area contributed by atoms with Gasteiger partial charge in [0, 0.05) is 17.6 Å². The number of aliphatic carboxylic acids is 1. The smallest absolute Gasteiger partial charge is 0.376 e. The van der Waals surface area contributed by atoms with E-state index in [1.165, 1.54) is 0 Å². The molecule has 0 amide bonds. The number of halogens is 1. The third-order valence-electron chi connectivity index (χ3n) is 3.59. The summed E-state index contributed by atoms with van der Waals surface area (Å²) < 4.78 is 1.70. The highest BCUT2D eigenvalue weighted by Gasteiger charge is 2.17. The number of carbonyl (C=O) groups is 2. The number of para-hydroxylation sites is 2. The number of aromatic nitrogens is 2. The van der Waals surface area contributed by atoms with Crippen molar-refractivity contribution < 1.29 is 19.8 Å². The molecule has 0 radical (unpaired) electrons. The molecule has 0 aliphatic carbocycles. The first-order chi connectivity index (χ1) is 12.0. The first-order valence-electron chi connectivity index (χ1n) is 7.33. The number of aliphatic hydroxyl groups excluding tert-OH is 1. The quantitative estimate of drug-likeness (QED) is 0.415. The van der Waals surface area contributed by atoms with E-state index in [2.05, 4.69) is 4.98 Å². The lowest BCUT2D eigenvalue weighted by Gasteiger charge is -2.09. The molecule has 0 aliphatic heterocycles. The van der Waals surface area contributed by atoms with Crippen molar-refractivity contribution in [1.29, 1.82) is 0 Å². The number of imidazole rings is 1. The molecular weight excluding hydrogens is 344 g/mol. The zero-order chi connectivity index (χ0) is 18.0. The predicted octanol–water partition coefficient (Wildman–Crippen LogP) is 3.29. The van der Waals surface area contributed by atoms with E-state index in [0.717, 1.165) is 11.1 Å². The highest BCUT2D eigenvalue weighted by Crippen LogP contribution is 2.23. The minimum atomic E-state index is -1.65. The minimum Gasteiger partial charge on any atom is -0.504 e. The minimum absolute atomic E-state index is 0.107. The Labute approximate surface area is 147 Å². The third kappa shape index (κ3) is 3.54. The van der Waals surface area contributed by atoms with E-state index in [4.69, 9.17) is 16.7 Å². The standard InChI is InChI=1S/C18H13ClN2O4/c19-12-5-3-4-11(8-12)10-21-14-7-2-1-6-13(14)20-17(21)15(22)9-16(23)18(24)25/h1-9,22H,10H2,(H,24,25)/b15-9-. The van der Waals surface area contributed by atoms with Crippen LogP contribution >= 0.6 is 11.6 Å². The van der Waals surface area contributed by atoms with Crippen molar-refractivity contribution in [1.82, 2.24) is 9.55 Å². The fraction of sp³-hybridized carbons (Fsp3) is 0.0556. The van der Waals surface area contributed by atoms with Gasteiger partial charge < -0.3 is 14.8 Å². The molecule has 1 heterocycles. The van der Waals surface area contributed by atoms with Gasteiger partial charge in [0.25, 0.3) is 5.78 Å². The average molecular weight is 357 g/mol. The molecule has 0 saturated heterocycles. The second-order valence-electron chi connectivity index (χ2n) is 5.34. The number of aliphatic hydroxyl groups is 1. The number of carboxylic acid groups (broad SMARTS) is 1. The molecule has 0 atom stereocenters. The maximum Gasteiger partial charge on any atom is 0.376 e. The molecule has 0 unspecified atom stereocenters. The maximum atomic E-state index is 11.4. The Hall–Kier alpha value is -3.12. The van der Waals surface area contributed by atoms with E-state index in [0.29, 0.717) is 23.2 Å². The number of nitrogens with zero attached hydrogens (tertiary/aromatic N) is 2. The molecule has 126 valence electrons. The van der Waals surface area contributed by atoms with Gasteiger partial charge >= 0.3 is 5.97 Å². The van der Waals surface area contributed by atoms with Crippen LogP contribution in [-0.4, -0.2) is 31.5 Å². The lowest BCUT2D eigenvalue weighted by molar-refractivity contribution is -0.146. The SMILES string of the molecule is O=C(O)C(=O)/C=C(\O)c1nc2ccccc2n1Cc1cccc(Cl)c1. The van der Waals surface area contributed by atoms with E-state index >= 15 is 0 Å². The van der Waals surface area contributed by atoms with Crippen LogP contribution in [0.3, 0.4) is 0 Å². The maximum absolute atomic E-state index is 11.4. The summed E-state index contributed by atoms with van der Waals surface area (Å²) in [6.07, 6.45) is 0.651. The van der Waals surface area contributed by atoms with Crippen LogP contribution in [0.5, 0.6) is 0 Å². The molecule has 3 aromatic rings. The molecule has 3 rings (SSSR count). The van der Waals surface area contributed by atoms with Gasteiger partial charge in [-0.15, -0.1) is 0 Å². The largest absolute Gasteiger partial charge is 0.504 e. The number of fused-ring (bicyclic) bond motifs is 1. The topological polar surface area (TPSA) is 92.4 Å². The summed E-state index contributed by atoms with van der Waals surface area (Å²) in [5.41, 5.74) is 2.22. The lowest BCUT2D eigenvalue weighted by atomic mass is 10.2. The zero-order valence-electron chi connectivity index (χ0n) is 12.9. The number of ketones is 1. The molecule has 1 aromatic heterocycles. The van der Waals surface area contributed by atoms with Crippen LogP contribution in [0.25, 0.3) is 16.8 Å². The summed E-state index contributed by atoms with van der Waals surface area (Å²) in [7, 11) is 0. The van der Waals surface area contributed by atoms with Crippen LogP contribution in [0.2, 0.25) is 5.02 Å². The molecule has 6 nitrogen and oxygen atoms in total.